The second-order valence-corrected chi connectivity index (χ2v) is 5.70. The molecule has 0 atom stereocenters. The SMILES string of the molecule is Cc1nn(C)c(Cl)c1CC(=O)c1cccc(Br)c1C. The van der Waals surface area contributed by atoms with Gasteiger partial charge in [0.15, 0.2) is 5.78 Å². The maximum absolute atomic E-state index is 12.4. The Labute approximate surface area is 125 Å². The third-order valence-electron chi connectivity index (χ3n) is 3.18. The number of aromatic nitrogens is 2. The van der Waals surface area contributed by atoms with Crippen molar-refractivity contribution in [3.63, 3.8) is 0 Å². The van der Waals surface area contributed by atoms with Crippen LogP contribution in [0.2, 0.25) is 5.15 Å². The fraction of sp³-hybridized carbons (Fsp3) is 0.286. The third kappa shape index (κ3) is 2.74. The molecule has 0 aliphatic rings. The van der Waals surface area contributed by atoms with E-state index >= 15 is 0 Å². The minimum atomic E-state index is 0.0526. The lowest BCUT2D eigenvalue weighted by molar-refractivity contribution is 0.0992. The Hall–Kier alpha value is -1.13. The average molecular weight is 342 g/mol. The fourth-order valence-corrected chi connectivity index (χ4v) is 2.65. The zero-order chi connectivity index (χ0) is 14.2. The Bertz CT molecular complexity index is 649. The quantitative estimate of drug-likeness (QED) is 0.794. The summed E-state index contributed by atoms with van der Waals surface area (Å²) in [5, 5.41) is 4.75. The third-order valence-corrected chi connectivity index (χ3v) is 4.51. The van der Waals surface area contributed by atoms with Crippen LogP contribution in [0.3, 0.4) is 0 Å². The summed E-state index contributed by atoms with van der Waals surface area (Å²) < 4.78 is 2.53. The van der Waals surface area contributed by atoms with Crippen LogP contribution < -0.4 is 0 Å². The smallest absolute Gasteiger partial charge is 0.167 e. The van der Waals surface area contributed by atoms with Gasteiger partial charge in [0.05, 0.1) is 5.69 Å². The van der Waals surface area contributed by atoms with Gasteiger partial charge in [0, 0.05) is 29.1 Å². The molecule has 0 N–H and O–H groups in total. The summed E-state index contributed by atoms with van der Waals surface area (Å²) in [5.74, 6) is 0.0526. The highest BCUT2D eigenvalue weighted by molar-refractivity contribution is 9.10. The minimum Gasteiger partial charge on any atom is -0.294 e. The number of carbonyl (C=O) groups is 1. The standard InChI is InChI=1S/C14H14BrClN2O/c1-8-10(5-4-6-12(8)15)13(19)7-11-9(2)17-18(3)14(11)16/h4-6H,7H2,1-3H3. The summed E-state index contributed by atoms with van der Waals surface area (Å²) in [6.45, 7) is 3.79. The van der Waals surface area contributed by atoms with E-state index in [2.05, 4.69) is 21.0 Å². The number of aryl methyl sites for hydroxylation is 2. The molecule has 0 spiro atoms. The molecule has 2 aromatic rings. The monoisotopic (exact) mass is 340 g/mol. The molecule has 1 heterocycles. The molecule has 19 heavy (non-hydrogen) atoms. The van der Waals surface area contributed by atoms with E-state index in [1.165, 1.54) is 0 Å². The van der Waals surface area contributed by atoms with Gasteiger partial charge in [-0.15, -0.1) is 0 Å². The average Bonchev–Trinajstić information content (AvgIpc) is 2.59. The van der Waals surface area contributed by atoms with Crippen LogP contribution in [0.1, 0.15) is 27.2 Å². The lowest BCUT2D eigenvalue weighted by atomic mass is 10.00. The Morgan fingerprint density at radius 3 is 2.68 bits per heavy atom. The number of nitrogens with zero attached hydrogens (tertiary/aromatic N) is 2. The van der Waals surface area contributed by atoms with Crippen molar-refractivity contribution >= 4 is 33.3 Å². The minimum absolute atomic E-state index is 0.0526. The molecule has 100 valence electrons. The number of benzene rings is 1. The van der Waals surface area contributed by atoms with Crippen molar-refractivity contribution in [2.45, 2.75) is 20.3 Å². The van der Waals surface area contributed by atoms with Crippen LogP contribution in [-0.4, -0.2) is 15.6 Å². The van der Waals surface area contributed by atoms with Gasteiger partial charge >= 0.3 is 0 Å². The zero-order valence-electron chi connectivity index (χ0n) is 11.0. The molecule has 0 radical (unpaired) electrons. The first kappa shape index (κ1) is 14.3. The first-order valence-corrected chi connectivity index (χ1v) is 7.05. The summed E-state index contributed by atoms with van der Waals surface area (Å²) in [6.07, 6.45) is 0.274. The van der Waals surface area contributed by atoms with Gasteiger partial charge in [0.25, 0.3) is 0 Å². The molecule has 0 unspecified atom stereocenters. The summed E-state index contributed by atoms with van der Waals surface area (Å²) in [6, 6.07) is 5.62. The van der Waals surface area contributed by atoms with Gasteiger partial charge in [-0.05, 0) is 25.5 Å². The number of carbonyl (C=O) groups excluding carboxylic acids is 1. The number of Topliss-reactive ketones (excluding diaryl/α,β-unsaturated/α-hetero) is 1. The molecule has 1 aromatic heterocycles. The summed E-state index contributed by atoms with van der Waals surface area (Å²) in [5.41, 5.74) is 3.26. The van der Waals surface area contributed by atoms with Crippen LogP contribution in [0.15, 0.2) is 22.7 Å². The molecule has 0 bridgehead atoms. The van der Waals surface area contributed by atoms with Crippen LogP contribution in [-0.2, 0) is 13.5 Å². The second kappa shape index (κ2) is 5.47. The first-order valence-electron chi connectivity index (χ1n) is 5.88. The van der Waals surface area contributed by atoms with E-state index in [-0.39, 0.29) is 12.2 Å². The summed E-state index contributed by atoms with van der Waals surface area (Å²) in [4.78, 5) is 12.4. The highest BCUT2D eigenvalue weighted by Crippen LogP contribution is 2.24. The van der Waals surface area contributed by atoms with Gasteiger partial charge in [0.1, 0.15) is 5.15 Å². The second-order valence-electron chi connectivity index (χ2n) is 4.49. The topological polar surface area (TPSA) is 34.9 Å². The van der Waals surface area contributed by atoms with Crippen molar-refractivity contribution in [3.8, 4) is 0 Å². The van der Waals surface area contributed by atoms with Crippen LogP contribution in [0.5, 0.6) is 0 Å². The Balaban J connectivity index is 2.34. The summed E-state index contributed by atoms with van der Waals surface area (Å²) in [7, 11) is 1.77. The lowest BCUT2D eigenvalue weighted by Gasteiger charge is -2.06. The van der Waals surface area contributed by atoms with Crippen LogP contribution >= 0.6 is 27.5 Å². The van der Waals surface area contributed by atoms with Gasteiger partial charge in [-0.25, -0.2) is 0 Å². The van der Waals surface area contributed by atoms with Crippen molar-refractivity contribution < 1.29 is 4.79 Å². The molecular formula is C14H14BrClN2O. The molecule has 0 fully saturated rings. The van der Waals surface area contributed by atoms with E-state index in [4.69, 9.17) is 11.6 Å². The lowest BCUT2D eigenvalue weighted by Crippen LogP contribution is -2.07. The maximum Gasteiger partial charge on any atom is 0.167 e. The van der Waals surface area contributed by atoms with E-state index in [9.17, 15) is 4.79 Å². The van der Waals surface area contributed by atoms with E-state index < -0.39 is 0 Å². The van der Waals surface area contributed by atoms with Crippen LogP contribution in [0.4, 0.5) is 0 Å². The zero-order valence-corrected chi connectivity index (χ0v) is 13.3. The number of hydrogen-bond donors (Lipinski definition) is 0. The fourth-order valence-electron chi connectivity index (χ4n) is 2.04. The first-order chi connectivity index (χ1) is 8.91. The van der Waals surface area contributed by atoms with E-state index in [1.54, 1.807) is 11.7 Å². The molecule has 1 aromatic carbocycles. The van der Waals surface area contributed by atoms with E-state index in [1.807, 2.05) is 32.0 Å². The molecule has 0 amide bonds. The van der Waals surface area contributed by atoms with Crippen molar-refractivity contribution in [1.29, 1.82) is 0 Å². The molecule has 2 rings (SSSR count). The molecule has 0 saturated carbocycles. The van der Waals surface area contributed by atoms with Crippen molar-refractivity contribution in [2.24, 2.45) is 7.05 Å². The molecular weight excluding hydrogens is 328 g/mol. The van der Waals surface area contributed by atoms with Crippen LogP contribution in [0, 0.1) is 13.8 Å². The molecule has 0 saturated heterocycles. The number of ketones is 1. The molecule has 0 aliphatic carbocycles. The highest BCUT2D eigenvalue weighted by atomic mass is 79.9. The Morgan fingerprint density at radius 1 is 1.42 bits per heavy atom. The van der Waals surface area contributed by atoms with E-state index in [0.29, 0.717) is 10.7 Å². The maximum atomic E-state index is 12.4. The molecule has 0 aliphatic heterocycles. The number of rotatable bonds is 3. The Morgan fingerprint density at radius 2 is 2.11 bits per heavy atom. The largest absolute Gasteiger partial charge is 0.294 e. The normalized spacial score (nSPS) is 10.8. The van der Waals surface area contributed by atoms with Crippen LogP contribution in [0.25, 0.3) is 0 Å². The number of halogens is 2. The van der Waals surface area contributed by atoms with Crippen molar-refractivity contribution in [1.82, 2.24) is 9.78 Å². The van der Waals surface area contributed by atoms with Gasteiger partial charge in [-0.2, -0.15) is 5.10 Å². The Kier molecular flexibility index (Phi) is 4.11. The van der Waals surface area contributed by atoms with Gasteiger partial charge in [-0.3, -0.25) is 9.48 Å². The number of hydrogen-bond acceptors (Lipinski definition) is 2. The molecule has 5 heteroatoms. The van der Waals surface area contributed by atoms with Crippen molar-refractivity contribution in [2.75, 3.05) is 0 Å². The van der Waals surface area contributed by atoms with Gasteiger partial charge < -0.3 is 0 Å². The van der Waals surface area contributed by atoms with E-state index in [0.717, 1.165) is 21.3 Å². The van der Waals surface area contributed by atoms with Gasteiger partial charge in [0.2, 0.25) is 0 Å². The van der Waals surface area contributed by atoms with Gasteiger partial charge in [-0.1, -0.05) is 39.7 Å². The van der Waals surface area contributed by atoms with Crippen molar-refractivity contribution in [3.05, 3.63) is 50.2 Å². The summed E-state index contributed by atoms with van der Waals surface area (Å²) >= 11 is 9.59. The predicted octanol–water partition coefficient (Wildman–Crippen LogP) is 3.88. The predicted molar refractivity (Wildman–Crippen MR) is 79.9 cm³/mol. The molecule has 3 nitrogen and oxygen atoms in total. The highest BCUT2D eigenvalue weighted by Gasteiger charge is 2.17.